The van der Waals surface area contributed by atoms with Gasteiger partial charge in [0.05, 0.1) is 0 Å². The molecule has 3 nitrogen and oxygen atoms in total. The molecule has 1 rings (SSSR count). The van der Waals surface area contributed by atoms with Crippen molar-refractivity contribution in [2.45, 2.75) is 52.9 Å². The van der Waals surface area contributed by atoms with Gasteiger partial charge in [0.25, 0.3) is 0 Å². The van der Waals surface area contributed by atoms with Crippen LogP contribution in [0.1, 0.15) is 55.4 Å². The molecule has 1 heterocycles. The third kappa shape index (κ3) is 3.77. The lowest BCUT2D eigenvalue weighted by Gasteiger charge is -2.17. The first-order chi connectivity index (χ1) is 8.10. The van der Waals surface area contributed by atoms with Gasteiger partial charge in [-0.2, -0.15) is 0 Å². The van der Waals surface area contributed by atoms with Crippen LogP contribution < -0.4 is 5.32 Å². The molecule has 0 aromatic carbocycles. The summed E-state index contributed by atoms with van der Waals surface area (Å²) in [7, 11) is 1.98. The average molecular weight is 235 g/mol. The van der Waals surface area contributed by atoms with Gasteiger partial charge in [-0.1, -0.05) is 20.3 Å². The number of nitrogens with zero attached hydrogens (tertiary/aromatic N) is 2. The molecule has 0 spiro atoms. The van der Waals surface area contributed by atoms with Crippen LogP contribution in [0, 0.1) is 13.8 Å². The molecule has 0 aliphatic heterocycles. The maximum atomic E-state index is 4.64. The van der Waals surface area contributed by atoms with Crippen LogP contribution >= 0.6 is 0 Å². The molecule has 0 saturated heterocycles. The van der Waals surface area contributed by atoms with Gasteiger partial charge in [-0.25, -0.2) is 9.97 Å². The molecule has 3 heteroatoms. The smallest absolute Gasteiger partial charge is 0.128 e. The van der Waals surface area contributed by atoms with Crippen molar-refractivity contribution in [2.24, 2.45) is 0 Å². The Morgan fingerprint density at radius 3 is 2.24 bits per heavy atom. The van der Waals surface area contributed by atoms with Crippen molar-refractivity contribution in [3.63, 3.8) is 0 Å². The zero-order valence-corrected chi connectivity index (χ0v) is 11.8. The van der Waals surface area contributed by atoms with E-state index in [0.717, 1.165) is 30.2 Å². The van der Waals surface area contributed by atoms with Crippen LogP contribution in [-0.4, -0.2) is 23.6 Å². The highest BCUT2D eigenvalue weighted by molar-refractivity contribution is 5.28. The Balaban J connectivity index is 2.93. The Bertz CT molecular complexity index is 337. The van der Waals surface area contributed by atoms with Crippen molar-refractivity contribution in [1.29, 1.82) is 0 Å². The molecule has 1 aromatic rings. The normalized spacial score (nSPS) is 12.8. The fourth-order valence-electron chi connectivity index (χ4n) is 2.36. The monoisotopic (exact) mass is 235 g/mol. The van der Waals surface area contributed by atoms with Crippen LogP contribution in [0.4, 0.5) is 0 Å². The second-order valence-electron chi connectivity index (χ2n) is 4.79. The van der Waals surface area contributed by atoms with Gasteiger partial charge in [0.1, 0.15) is 5.82 Å². The molecule has 0 fully saturated rings. The summed E-state index contributed by atoms with van der Waals surface area (Å²) in [5.41, 5.74) is 3.59. The van der Waals surface area contributed by atoms with E-state index in [0.29, 0.717) is 5.92 Å². The number of likely N-dealkylation sites (N-methyl/N-ethyl adjacent to an activating group) is 1. The second kappa shape index (κ2) is 6.70. The molecule has 1 unspecified atom stereocenters. The van der Waals surface area contributed by atoms with Crippen LogP contribution in [0.3, 0.4) is 0 Å². The highest BCUT2D eigenvalue weighted by Crippen LogP contribution is 2.21. The molecule has 1 atom stereocenters. The second-order valence-corrected chi connectivity index (χ2v) is 4.79. The van der Waals surface area contributed by atoms with E-state index in [2.05, 4.69) is 43.0 Å². The van der Waals surface area contributed by atoms with Crippen molar-refractivity contribution >= 4 is 0 Å². The van der Waals surface area contributed by atoms with Crippen molar-refractivity contribution in [1.82, 2.24) is 15.3 Å². The van der Waals surface area contributed by atoms with E-state index in [9.17, 15) is 0 Å². The van der Waals surface area contributed by atoms with Gasteiger partial charge in [-0.15, -0.1) is 0 Å². The van der Waals surface area contributed by atoms with Crippen molar-refractivity contribution in [3.8, 4) is 0 Å². The van der Waals surface area contributed by atoms with Crippen LogP contribution in [0.5, 0.6) is 0 Å². The quantitative estimate of drug-likeness (QED) is 0.824. The van der Waals surface area contributed by atoms with Gasteiger partial charge in [0, 0.05) is 24.4 Å². The van der Waals surface area contributed by atoms with Gasteiger partial charge in [-0.3, -0.25) is 0 Å². The summed E-state index contributed by atoms with van der Waals surface area (Å²) in [5.74, 6) is 1.47. The van der Waals surface area contributed by atoms with Gasteiger partial charge in [-0.05, 0) is 38.8 Å². The first kappa shape index (κ1) is 14.1. The summed E-state index contributed by atoms with van der Waals surface area (Å²) in [6, 6.07) is 0. The fraction of sp³-hybridized carbons (Fsp3) is 0.714. The number of hydrogen-bond donors (Lipinski definition) is 1. The summed E-state index contributed by atoms with van der Waals surface area (Å²) in [6.45, 7) is 9.60. The number of aromatic nitrogens is 2. The highest BCUT2D eigenvalue weighted by atomic mass is 14.9. The first-order valence-corrected chi connectivity index (χ1v) is 6.58. The summed E-state index contributed by atoms with van der Waals surface area (Å²) in [5, 5.41) is 3.21. The highest BCUT2D eigenvalue weighted by Gasteiger charge is 2.14. The summed E-state index contributed by atoms with van der Waals surface area (Å²) in [4.78, 5) is 9.27. The molecule has 1 N–H and O–H groups in total. The Labute approximate surface area is 105 Å². The zero-order valence-electron chi connectivity index (χ0n) is 11.8. The number of nitrogens with one attached hydrogen (secondary N) is 1. The fourth-order valence-corrected chi connectivity index (χ4v) is 2.36. The van der Waals surface area contributed by atoms with Crippen molar-refractivity contribution in [3.05, 3.63) is 22.8 Å². The van der Waals surface area contributed by atoms with E-state index in [1.807, 2.05) is 7.05 Å². The van der Waals surface area contributed by atoms with Gasteiger partial charge < -0.3 is 5.32 Å². The number of aryl methyl sites for hydroxylation is 3. The summed E-state index contributed by atoms with van der Waals surface area (Å²) < 4.78 is 0. The maximum absolute atomic E-state index is 4.64. The molecule has 0 aliphatic carbocycles. The Kier molecular flexibility index (Phi) is 5.56. The molecule has 0 amide bonds. The minimum atomic E-state index is 0.472. The lowest BCUT2D eigenvalue weighted by atomic mass is 9.98. The van der Waals surface area contributed by atoms with Crippen molar-refractivity contribution in [2.75, 3.05) is 13.6 Å². The third-order valence-electron chi connectivity index (χ3n) is 3.13. The predicted molar refractivity (Wildman–Crippen MR) is 72.5 cm³/mol. The molecule has 96 valence electrons. The number of unbranched alkanes of at least 4 members (excludes halogenated alkanes) is 1. The molecule has 0 bridgehead atoms. The minimum Gasteiger partial charge on any atom is -0.319 e. The maximum Gasteiger partial charge on any atom is 0.128 e. The zero-order chi connectivity index (χ0) is 12.8. The van der Waals surface area contributed by atoms with Crippen LogP contribution in [0.2, 0.25) is 0 Å². The van der Waals surface area contributed by atoms with Crippen LogP contribution in [-0.2, 0) is 6.42 Å². The summed E-state index contributed by atoms with van der Waals surface area (Å²) in [6.07, 6.45) is 3.36. The summed E-state index contributed by atoms with van der Waals surface area (Å²) >= 11 is 0. The number of rotatable bonds is 6. The van der Waals surface area contributed by atoms with Gasteiger partial charge in [0.15, 0.2) is 0 Å². The molecule has 0 aliphatic rings. The van der Waals surface area contributed by atoms with E-state index in [4.69, 9.17) is 0 Å². The lowest BCUT2D eigenvalue weighted by molar-refractivity contribution is 0.654. The van der Waals surface area contributed by atoms with Gasteiger partial charge >= 0.3 is 0 Å². The third-order valence-corrected chi connectivity index (χ3v) is 3.13. The van der Waals surface area contributed by atoms with Crippen molar-refractivity contribution < 1.29 is 0 Å². The molecular weight excluding hydrogens is 210 g/mol. The van der Waals surface area contributed by atoms with E-state index >= 15 is 0 Å². The van der Waals surface area contributed by atoms with E-state index in [-0.39, 0.29) is 0 Å². The Hall–Kier alpha value is -0.960. The Morgan fingerprint density at radius 2 is 1.76 bits per heavy atom. The number of hydrogen-bond acceptors (Lipinski definition) is 3. The first-order valence-electron chi connectivity index (χ1n) is 6.58. The largest absolute Gasteiger partial charge is 0.319 e. The standard InChI is InChI=1S/C14H25N3/c1-6-7-8-13-16-11(3)14(12(4)17-13)10(2)9-15-5/h10,15H,6-9H2,1-5H3. The van der Waals surface area contributed by atoms with E-state index in [1.165, 1.54) is 18.4 Å². The molecule has 1 aromatic heterocycles. The van der Waals surface area contributed by atoms with E-state index < -0.39 is 0 Å². The molecular formula is C14H25N3. The molecule has 17 heavy (non-hydrogen) atoms. The minimum absolute atomic E-state index is 0.472. The topological polar surface area (TPSA) is 37.8 Å². The average Bonchev–Trinajstić information content (AvgIpc) is 2.25. The van der Waals surface area contributed by atoms with Crippen LogP contribution in [0.25, 0.3) is 0 Å². The Morgan fingerprint density at radius 1 is 1.18 bits per heavy atom. The van der Waals surface area contributed by atoms with Crippen LogP contribution in [0.15, 0.2) is 0 Å². The van der Waals surface area contributed by atoms with E-state index in [1.54, 1.807) is 0 Å². The SMILES string of the molecule is CCCCc1nc(C)c(C(C)CNC)c(C)n1. The lowest BCUT2D eigenvalue weighted by Crippen LogP contribution is -2.18. The predicted octanol–water partition coefficient (Wildman–Crippen LogP) is 2.76. The van der Waals surface area contributed by atoms with Gasteiger partial charge in [0.2, 0.25) is 0 Å². The molecule has 0 saturated carbocycles. The molecule has 0 radical (unpaired) electrons.